The van der Waals surface area contributed by atoms with Gasteiger partial charge in [0, 0.05) is 0 Å². The van der Waals surface area contributed by atoms with Crippen LogP contribution in [0.5, 0.6) is 5.75 Å². The highest BCUT2D eigenvalue weighted by Crippen LogP contribution is 2.38. The van der Waals surface area contributed by atoms with E-state index in [9.17, 15) is 9.50 Å². The standard InChI is InChI=1S/C21H25FO.C8H18/c1-2-3-15-4-6-16(7-5-15)17-8-10-18(11-9-17)19-12-13-21(23)20(22)14-19;1-3-5-7-8-6-4-2/h8-16,23H,2-7H2,1H3;3-8H2,1-2H3. The van der Waals surface area contributed by atoms with Gasteiger partial charge in [0.1, 0.15) is 0 Å². The van der Waals surface area contributed by atoms with Gasteiger partial charge in [-0.1, -0.05) is 102 Å². The summed E-state index contributed by atoms with van der Waals surface area (Å²) in [7, 11) is 0. The molecule has 31 heavy (non-hydrogen) atoms. The summed E-state index contributed by atoms with van der Waals surface area (Å²) in [6, 6.07) is 13.1. The first-order valence-corrected chi connectivity index (χ1v) is 12.7. The van der Waals surface area contributed by atoms with Crippen LogP contribution in [0.1, 0.15) is 109 Å². The molecular formula is C29H43FO. The van der Waals surface area contributed by atoms with Gasteiger partial charge in [0.25, 0.3) is 0 Å². The van der Waals surface area contributed by atoms with E-state index in [0.717, 1.165) is 17.0 Å². The molecule has 2 heteroatoms. The molecule has 0 atom stereocenters. The van der Waals surface area contributed by atoms with Crippen molar-refractivity contribution in [3.63, 3.8) is 0 Å². The van der Waals surface area contributed by atoms with Crippen molar-refractivity contribution in [2.45, 2.75) is 104 Å². The van der Waals surface area contributed by atoms with E-state index in [4.69, 9.17) is 0 Å². The number of phenols is 1. The molecule has 0 aromatic heterocycles. The molecule has 0 bridgehead atoms. The minimum Gasteiger partial charge on any atom is -0.505 e. The van der Waals surface area contributed by atoms with Gasteiger partial charge >= 0.3 is 0 Å². The first kappa shape index (κ1) is 25.4. The van der Waals surface area contributed by atoms with E-state index in [1.807, 2.05) is 0 Å². The van der Waals surface area contributed by atoms with Gasteiger partial charge in [0.05, 0.1) is 0 Å². The zero-order valence-electron chi connectivity index (χ0n) is 20.0. The quantitative estimate of drug-likeness (QED) is 0.396. The molecule has 0 spiro atoms. The first-order valence-electron chi connectivity index (χ1n) is 12.7. The molecule has 0 aliphatic heterocycles. The average Bonchev–Trinajstić information content (AvgIpc) is 2.80. The van der Waals surface area contributed by atoms with Crippen molar-refractivity contribution in [1.82, 2.24) is 0 Å². The number of hydrogen-bond acceptors (Lipinski definition) is 1. The molecule has 1 aliphatic rings. The molecule has 0 amide bonds. The molecule has 2 aromatic rings. The number of halogens is 1. The van der Waals surface area contributed by atoms with Crippen molar-refractivity contribution in [2.75, 3.05) is 0 Å². The number of unbranched alkanes of at least 4 members (excludes halogenated alkanes) is 5. The first-order chi connectivity index (χ1) is 15.1. The fourth-order valence-electron chi connectivity index (χ4n) is 4.68. The Morgan fingerprint density at radius 2 is 1.32 bits per heavy atom. The fourth-order valence-corrected chi connectivity index (χ4v) is 4.68. The largest absolute Gasteiger partial charge is 0.505 e. The van der Waals surface area contributed by atoms with E-state index in [1.54, 1.807) is 6.07 Å². The van der Waals surface area contributed by atoms with Gasteiger partial charge in [0.2, 0.25) is 0 Å². The molecule has 0 radical (unpaired) electrons. The Balaban J connectivity index is 0.000000366. The Kier molecular flexibility index (Phi) is 11.7. The summed E-state index contributed by atoms with van der Waals surface area (Å²) in [5, 5.41) is 9.29. The van der Waals surface area contributed by atoms with Crippen molar-refractivity contribution < 1.29 is 9.50 Å². The van der Waals surface area contributed by atoms with Crippen LogP contribution >= 0.6 is 0 Å². The summed E-state index contributed by atoms with van der Waals surface area (Å²) in [4.78, 5) is 0. The summed E-state index contributed by atoms with van der Waals surface area (Å²) in [5.74, 6) is 0.735. The highest BCUT2D eigenvalue weighted by atomic mass is 19.1. The van der Waals surface area contributed by atoms with Gasteiger partial charge < -0.3 is 5.11 Å². The van der Waals surface area contributed by atoms with Crippen molar-refractivity contribution in [3.05, 3.63) is 53.8 Å². The summed E-state index contributed by atoms with van der Waals surface area (Å²) in [6.45, 7) is 6.79. The SMILES string of the molecule is CCCC1CCC(c2ccc(-c3ccc(O)c(F)c3)cc2)CC1.CCCCCCCC. The van der Waals surface area contributed by atoms with Crippen LogP contribution in [-0.4, -0.2) is 5.11 Å². The third kappa shape index (κ3) is 8.67. The van der Waals surface area contributed by atoms with Crippen molar-refractivity contribution in [2.24, 2.45) is 5.92 Å². The minimum absolute atomic E-state index is 0.297. The predicted molar refractivity (Wildman–Crippen MR) is 132 cm³/mol. The second kappa shape index (κ2) is 14.3. The van der Waals surface area contributed by atoms with Crippen LogP contribution in [0.15, 0.2) is 42.5 Å². The van der Waals surface area contributed by atoms with Gasteiger partial charge in [-0.25, -0.2) is 4.39 Å². The van der Waals surface area contributed by atoms with Crippen LogP contribution in [0.25, 0.3) is 11.1 Å². The van der Waals surface area contributed by atoms with Gasteiger partial charge in [-0.2, -0.15) is 0 Å². The second-order valence-electron chi connectivity index (χ2n) is 9.21. The molecule has 0 unspecified atom stereocenters. The lowest BCUT2D eigenvalue weighted by molar-refractivity contribution is 0.308. The molecule has 2 aromatic carbocycles. The molecule has 1 saturated carbocycles. The van der Waals surface area contributed by atoms with Crippen LogP contribution in [0.4, 0.5) is 4.39 Å². The lowest BCUT2D eigenvalue weighted by atomic mass is 9.77. The number of aromatic hydroxyl groups is 1. The average molecular weight is 427 g/mol. The van der Waals surface area contributed by atoms with Crippen LogP contribution in [0.2, 0.25) is 0 Å². The third-order valence-electron chi connectivity index (χ3n) is 6.66. The van der Waals surface area contributed by atoms with Gasteiger partial charge in [-0.15, -0.1) is 0 Å². The smallest absolute Gasteiger partial charge is 0.165 e. The van der Waals surface area contributed by atoms with Crippen LogP contribution in [0, 0.1) is 11.7 Å². The van der Waals surface area contributed by atoms with Crippen molar-refractivity contribution in [1.29, 1.82) is 0 Å². The molecule has 1 N–H and O–H groups in total. The number of rotatable bonds is 9. The summed E-state index contributed by atoms with van der Waals surface area (Å²) in [5.41, 5.74) is 3.20. The maximum Gasteiger partial charge on any atom is 0.165 e. The molecule has 172 valence electrons. The zero-order valence-corrected chi connectivity index (χ0v) is 20.0. The molecule has 1 aliphatic carbocycles. The Morgan fingerprint density at radius 1 is 0.742 bits per heavy atom. The topological polar surface area (TPSA) is 20.2 Å². The van der Waals surface area contributed by atoms with Crippen LogP contribution < -0.4 is 0 Å². The molecule has 1 nitrogen and oxygen atoms in total. The van der Waals surface area contributed by atoms with Gasteiger partial charge in [0.15, 0.2) is 11.6 Å². The molecular weight excluding hydrogens is 383 g/mol. The monoisotopic (exact) mass is 426 g/mol. The van der Waals surface area contributed by atoms with E-state index in [0.29, 0.717) is 5.92 Å². The Labute approximate surface area is 190 Å². The predicted octanol–water partition coefficient (Wildman–Crippen LogP) is 9.64. The normalized spacial score (nSPS) is 18.3. The number of benzene rings is 2. The van der Waals surface area contributed by atoms with E-state index in [1.165, 1.54) is 94.7 Å². The molecule has 0 saturated heterocycles. The lowest BCUT2D eigenvalue weighted by Gasteiger charge is -2.28. The number of phenolic OH excluding ortho intramolecular Hbond substituents is 1. The van der Waals surface area contributed by atoms with E-state index >= 15 is 0 Å². The lowest BCUT2D eigenvalue weighted by Crippen LogP contribution is -2.13. The van der Waals surface area contributed by atoms with Gasteiger partial charge in [-0.05, 0) is 66.3 Å². The second-order valence-corrected chi connectivity index (χ2v) is 9.21. The molecule has 3 rings (SSSR count). The molecule has 1 fully saturated rings. The summed E-state index contributed by atoms with van der Waals surface area (Å²) < 4.78 is 13.5. The maximum absolute atomic E-state index is 13.5. The Hall–Kier alpha value is -1.83. The fraction of sp³-hybridized carbons (Fsp3) is 0.586. The van der Waals surface area contributed by atoms with E-state index < -0.39 is 5.82 Å². The van der Waals surface area contributed by atoms with Crippen molar-refractivity contribution in [3.8, 4) is 16.9 Å². The van der Waals surface area contributed by atoms with E-state index in [-0.39, 0.29) is 5.75 Å². The number of hydrogen-bond donors (Lipinski definition) is 1. The van der Waals surface area contributed by atoms with E-state index in [2.05, 4.69) is 45.0 Å². The van der Waals surface area contributed by atoms with Crippen molar-refractivity contribution >= 4 is 0 Å². The molecule has 0 heterocycles. The summed E-state index contributed by atoms with van der Waals surface area (Å²) >= 11 is 0. The zero-order chi connectivity index (χ0) is 22.5. The Morgan fingerprint density at radius 3 is 1.84 bits per heavy atom. The van der Waals surface area contributed by atoms with Crippen LogP contribution in [-0.2, 0) is 0 Å². The highest BCUT2D eigenvalue weighted by molar-refractivity contribution is 5.64. The minimum atomic E-state index is -0.569. The van der Waals surface area contributed by atoms with Crippen LogP contribution in [0.3, 0.4) is 0 Å². The highest BCUT2D eigenvalue weighted by Gasteiger charge is 2.21. The third-order valence-corrected chi connectivity index (χ3v) is 6.66. The summed E-state index contributed by atoms with van der Waals surface area (Å²) in [6.07, 6.45) is 16.4. The maximum atomic E-state index is 13.5. The van der Waals surface area contributed by atoms with Gasteiger partial charge in [-0.3, -0.25) is 0 Å². The Bertz CT molecular complexity index is 723.